The van der Waals surface area contributed by atoms with Crippen LogP contribution < -0.4 is 0 Å². The van der Waals surface area contributed by atoms with Gasteiger partial charge in [0.25, 0.3) is 0 Å². The molecule has 0 radical (unpaired) electrons. The molecule has 0 saturated carbocycles. The molecule has 134 valence electrons. The SMILES string of the molecule is CC(C)OC(=O)[C@H](C)OC(=O)C#CC(=O)O[C@@H](C)C(=O)OC(C)C. The Hall–Kier alpha value is -2.56. The van der Waals surface area contributed by atoms with E-state index in [2.05, 4.69) is 9.47 Å². The van der Waals surface area contributed by atoms with Crippen molar-refractivity contribution >= 4 is 23.9 Å². The highest BCUT2D eigenvalue weighted by Gasteiger charge is 2.21. The summed E-state index contributed by atoms with van der Waals surface area (Å²) in [7, 11) is 0. The second-order valence-electron chi connectivity index (χ2n) is 5.32. The summed E-state index contributed by atoms with van der Waals surface area (Å²) in [6, 6.07) is 0. The van der Waals surface area contributed by atoms with Gasteiger partial charge in [-0.1, -0.05) is 0 Å². The molecule has 0 bridgehead atoms. The Morgan fingerprint density at radius 3 is 1.12 bits per heavy atom. The van der Waals surface area contributed by atoms with Gasteiger partial charge in [0.2, 0.25) is 0 Å². The lowest BCUT2D eigenvalue weighted by atomic mass is 10.4. The van der Waals surface area contributed by atoms with Gasteiger partial charge in [0, 0.05) is 11.8 Å². The average molecular weight is 342 g/mol. The molecule has 0 aromatic carbocycles. The lowest BCUT2D eigenvalue weighted by Crippen LogP contribution is -2.28. The monoisotopic (exact) mass is 342 g/mol. The Morgan fingerprint density at radius 2 is 0.875 bits per heavy atom. The topological polar surface area (TPSA) is 105 Å². The van der Waals surface area contributed by atoms with Gasteiger partial charge in [-0.3, -0.25) is 0 Å². The number of rotatable bonds is 6. The van der Waals surface area contributed by atoms with Crippen LogP contribution in [0.25, 0.3) is 0 Å². The molecule has 0 aromatic heterocycles. The van der Waals surface area contributed by atoms with E-state index in [1.807, 2.05) is 11.8 Å². The zero-order valence-electron chi connectivity index (χ0n) is 14.6. The number of carbonyl (C=O) groups is 4. The molecule has 0 heterocycles. The first-order valence-electron chi connectivity index (χ1n) is 7.37. The molecule has 0 fully saturated rings. The molecule has 8 nitrogen and oxygen atoms in total. The molecule has 0 unspecified atom stereocenters. The van der Waals surface area contributed by atoms with Crippen LogP contribution in [0, 0.1) is 11.8 Å². The summed E-state index contributed by atoms with van der Waals surface area (Å²) in [5, 5.41) is 0. The summed E-state index contributed by atoms with van der Waals surface area (Å²) in [6.45, 7) is 9.21. The molecule has 0 rings (SSSR count). The van der Waals surface area contributed by atoms with E-state index >= 15 is 0 Å². The normalized spacial score (nSPS) is 12.5. The maximum Gasteiger partial charge on any atom is 0.385 e. The van der Waals surface area contributed by atoms with Crippen molar-refractivity contribution < 1.29 is 38.1 Å². The van der Waals surface area contributed by atoms with Gasteiger partial charge in [0.15, 0.2) is 12.2 Å². The first-order chi connectivity index (χ1) is 11.0. The summed E-state index contributed by atoms with van der Waals surface area (Å²) < 4.78 is 19.0. The first kappa shape index (κ1) is 21.4. The van der Waals surface area contributed by atoms with E-state index in [1.165, 1.54) is 13.8 Å². The van der Waals surface area contributed by atoms with Gasteiger partial charge in [0.05, 0.1) is 12.2 Å². The second-order valence-corrected chi connectivity index (χ2v) is 5.32. The standard InChI is InChI=1S/C16H22O8/c1-9(2)21-15(19)11(5)23-13(17)7-8-14(18)24-12(6)16(20)22-10(3)4/h9-12H,1-6H3/t11-,12-/m0/s1. The molecule has 0 saturated heterocycles. The summed E-state index contributed by atoms with van der Waals surface area (Å²) in [5.41, 5.74) is 0. The fraction of sp³-hybridized carbons (Fsp3) is 0.625. The van der Waals surface area contributed by atoms with Crippen LogP contribution in [0.2, 0.25) is 0 Å². The molecule has 8 heteroatoms. The molecule has 0 aromatic rings. The van der Waals surface area contributed by atoms with E-state index in [9.17, 15) is 19.2 Å². The van der Waals surface area contributed by atoms with Crippen LogP contribution in [0.3, 0.4) is 0 Å². The Bertz CT molecular complexity index is 492. The number of hydrogen-bond acceptors (Lipinski definition) is 8. The lowest BCUT2D eigenvalue weighted by Gasteiger charge is -2.13. The minimum atomic E-state index is -1.16. The molecule has 0 spiro atoms. The fourth-order valence-electron chi connectivity index (χ4n) is 1.23. The zero-order valence-corrected chi connectivity index (χ0v) is 14.6. The largest absolute Gasteiger partial charge is 0.460 e. The second kappa shape index (κ2) is 10.3. The lowest BCUT2D eigenvalue weighted by molar-refractivity contribution is -0.166. The van der Waals surface area contributed by atoms with E-state index in [0.717, 1.165) is 0 Å². The minimum absolute atomic E-state index is 0.355. The third kappa shape index (κ3) is 9.46. The van der Waals surface area contributed by atoms with Gasteiger partial charge >= 0.3 is 23.9 Å². The van der Waals surface area contributed by atoms with Crippen LogP contribution >= 0.6 is 0 Å². The van der Waals surface area contributed by atoms with Crippen molar-refractivity contribution in [1.29, 1.82) is 0 Å². The average Bonchev–Trinajstić information content (AvgIpc) is 2.43. The number of esters is 4. The number of ether oxygens (including phenoxy) is 4. The van der Waals surface area contributed by atoms with Crippen LogP contribution in [0.4, 0.5) is 0 Å². The molecule has 24 heavy (non-hydrogen) atoms. The van der Waals surface area contributed by atoms with Crippen LogP contribution in [0.15, 0.2) is 0 Å². The molecule has 0 aliphatic rings. The summed E-state index contributed by atoms with van der Waals surface area (Å²) >= 11 is 0. The van der Waals surface area contributed by atoms with Gasteiger partial charge in [-0.25, -0.2) is 19.2 Å². The molecule has 2 atom stereocenters. The maximum atomic E-state index is 11.4. The molecule has 0 aliphatic carbocycles. The van der Waals surface area contributed by atoms with E-state index in [4.69, 9.17) is 9.47 Å². The Balaban J connectivity index is 4.44. The molecule has 0 N–H and O–H groups in total. The highest BCUT2D eigenvalue weighted by Crippen LogP contribution is 2.00. The Kier molecular flexibility index (Phi) is 9.16. The first-order valence-corrected chi connectivity index (χ1v) is 7.37. The third-order valence-electron chi connectivity index (χ3n) is 2.20. The van der Waals surface area contributed by atoms with E-state index < -0.39 is 36.1 Å². The highest BCUT2D eigenvalue weighted by atomic mass is 16.6. The van der Waals surface area contributed by atoms with Crippen molar-refractivity contribution in [3.8, 4) is 11.8 Å². The minimum Gasteiger partial charge on any atom is -0.460 e. The van der Waals surface area contributed by atoms with Crippen LogP contribution in [-0.4, -0.2) is 48.3 Å². The van der Waals surface area contributed by atoms with Crippen LogP contribution in [0.5, 0.6) is 0 Å². The van der Waals surface area contributed by atoms with Crippen molar-refractivity contribution in [2.24, 2.45) is 0 Å². The van der Waals surface area contributed by atoms with E-state index in [1.54, 1.807) is 27.7 Å². The van der Waals surface area contributed by atoms with Crippen molar-refractivity contribution in [3.63, 3.8) is 0 Å². The van der Waals surface area contributed by atoms with Gasteiger partial charge in [-0.05, 0) is 41.5 Å². The smallest absolute Gasteiger partial charge is 0.385 e. The van der Waals surface area contributed by atoms with E-state index in [0.29, 0.717) is 0 Å². The van der Waals surface area contributed by atoms with Crippen LogP contribution in [0.1, 0.15) is 41.5 Å². The van der Waals surface area contributed by atoms with Gasteiger partial charge in [0.1, 0.15) is 0 Å². The maximum absolute atomic E-state index is 11.4. The number of carbonyl (C=O) groups excluding carboxylic acids is 4. The van der Waals surface area contributed by atoms with Crippen molar-refractivity contribution in [2.45, 2.75) is 66.0 Å². The Labute approximate surface area is 140 Å². The van der Waals surface area contributed by atoms with E-state index in [-0.39, 0.29) is 12.2 Å². The summed E-state index contributed by atoms with van der Waals surface area (Å²) in [5.74, 6) is 0.0652. The third-order valence-corrected chi connectivity index (χ3v) is 2.20. The molecule has 0 amide bonds. The van der Waals surface area contributed by atoms with Gasteiger partial charge in [-0.2, -0.15) is 0 Å². The zero-order chi connectivity index (χ0) is 18.9. The molecular weight excluding hydrogens is 320 g/mol. The van der Waals surface area contributed by atoms with Crippen LogP contribution in [-0.2, 0) is 38.1 Å². The van der Waals surface area contributed by atoms with Crippen molar-refractivity contribution in [1.82, 2.24) is 0 Å². The predicted octanol–water partition coefficient (Wildman–Crippen LogP) is 0.756. The Morgan fingerprint density at radius 1 is 0.583 bits per heavy atom. The summed E-state index contributed by atoms with van der Waals surface area (Å²) in [4.78, 5) is 45.7. The van der Waals surface area contributed by atoms with Crippen molar-refractivity contribution in [2.75, 3.05) is 0 Å². The quantitative estimate of drug-likeness (QED) is 0.301. The molecule has 0 aliphatic heterocycles. The summed E-state index contributed by atoms with van der Waals surface area (Å²) in [6.07, 6.45) is -3.03. The molecular formula is C16H22O8. The highest BCUT2D eigenvalue weighted by molar-refractivity contribution is 5.99. The number of hydrogen-bond donors (Lipinski definition) is 0. The fourth-order valence-corrected chi connectivity index (χ4v) is 1.23. The van der Waals surface area contributed by atoms with Gasteiger partial charge < -0.3 is 18.9 Å². The van der Waals surface area contributed by atoms with Gasteiger partial charge in [-0.15, -0.1) is 0 Å². The predicted molar refractivity (Wildman–Crippen MR) is 81.3 cm³/mol. The van der Waals surface area contributed by atoms with Crippen molar-refractivity contribution in [3.05, 3.63) is 0 Å².